The Morgan fingerprint density at radius 1 is 1.19 bits per heavy atom. The van der Waals surface area contributed by atoms with E-state index in [-0.39, 0.29) is 11.8 Å². The topological polar surface area (TPSA) is 68.2 Å². The maximum Gasteiger partial charge on any atom is 0.256 e. The first-order valence-corrected chi connectivity index (χ1v) is 11.9. The summed E-state index contributed by atoms with van der Waals surface area (Å²) in [6.07, 6.45) is 5.07. The third-order valence-electron chi connectivity index (χ3n) is 5.75. The minimum absolute atomic E-state index is 0.0138. The summed E-state index contributed by atoms with van der Waals surface area (Å²) in [5.41, 5.74) is 3.99. The fraction of sp³-hybridized carbons (Fsp3) is 0.360. The zero-order valence-corrected chi connectivity index (χ0v) is 19.3. The van der Waals surface area contributed by atoms with Gasteiger partial charge in [0.05, 0.1) is 11.4 Å². The van der Waals surface area contributed by atoms with Crippen molar-refractivity contribution in [1.29, 1.82) is 0 Å². The van der Waals surface area contributed by atoms with E-state index < -0.39 is 6.10 Å². The quantitative estimate of drug-likeness (QED) is 0.390. The van der Waals surface area contributed by atoms with Crippen LogP contribution in [0.5, 0.6) is 0 Å². The number of benzene rings is 1. The standard InChI is InChI=1S/C25H28N4O2S/c1-18-15-27-25(32-17-21-12-6-7-13-26-21)28-22(18)20-11-8-14-29(16-20)24(30)23(31-2)19-9-4-3-5-10-19/h3-7,9-10,12-13,15,20,23H,8,11,14,16-17H2,1-2H3/t20-,23-/m0/s1. The van der Waals surface area contributed by atoms with Gasteiger partial charge in [0.2, 0.25) is 0 Å². The monoisotopic (exact) mass is 448 g/mol. The third kappa shape index (κ3) is 5.34. The summed E-state index contributed by atoms with van der Waals surface area (Å²) in [6.45, 7) is 3.44. The van der Waals surface area contributed by atoms with Gasteiger partial charge in [-0.05, 0) is 43.0 Å². The molecule has 166 valence electrons. The van der Waals surface area contributed by atoms with Gasteiger partial charge in [0, 0.05) is 44.3 Å². The van der Waals surface area contributed by atoms with Gasteiger partial charge in [0.15, 0.2) is 11.3 Å². The lowest BCUT2D eigenvalue weighted by Gasteiger charge is -2.35. The summed E-state index contributed by atoms with van der Waals surface area (Å²) >= 11 is 1.59. The number of aryl methyl sites for hydroxylation is 1. The summed E-state index contributed by atoms with van der Waals surface area (Å²) in [4.78, 5) is 29.0. The molecule has 1 aliphatic rings. The lowest BCUT2D eigenvalue weighted by atomic mass is 9.92. The van der Waals surface area contributed by atoms with Crippen LogP contribution in [0.15, 0.2) is 66.1 Å². The van der Waals surface area contributed by atoms with Crippen LogP contribution in [0.25, 0.3) is 0 Å². The maximum absolute atomic E-state index is 13.3. The molecule has 1 aliphatic heterocycles. The van der Waals surface area contributed by atoms with Gasteiger partial charge in [-0.3, -0.25) is 9.78 Å². The lowest BCUT2D eigenvalue weighted by Crippen LogP contribution is -2.42. The number of piperidine rings is 1. The molecule has 1 saturated heterocycles. The predicted molar refractivity (Wildman–Crippen MR) is 125 cm³/mol. The van der Waals surface area contributed by atoms with Crippen LogP contribution in [-0.2, 0) is 15.3 Å². The van der Waals surface area contributed by atoms with Crippen molar-refractivity contribution in [3.8, 4) is 0 Å². The first kappa shape index (κ1) is 22.4. The normalized spacial score (nSPS) is 17.2. The number of thioether (sulfide) groups is 1. The van der Waals surface area contributed by atoms with Gasteiger partial charge in [-0.1, -0.05) is 48.2 Å². The Hall–Kier alpha value is -2.77. The molecule has 0 saturated carbocycles. The Kier molecular flexibility index (Phi) is 7.50. The van der Waals surface area contributed by atoms with Gasteiger partial charge < -0.3 is 9.64 Å². The van der Waals surface area contributed by atoms with E-state index >= 15 is 0 Å². The zero-order chi connectivity index (χ0) is 22.3. The van der Waals surface area contributed by atoms with Gasteiger partial charge in [0.1, 0.15) is 0 Å². The second kappa shape index (κ2) is 10.7. The Balaban J connectivity index is 1.47. The average molecular weight is 449 g/mol. The highest BCUT2D eigenvalue weighted by atomic mass is 32.2. The number of carbonyl (C=O) groups excluding carboxylic acids is 1. The Morgan fingerprint density at radius 2 is 2.00 bits per heavy atom. The molecule has 0 radical (unpaired) electrons. The molecule has 2 atom stereocenters. The minimum atomic E-state index is -0.578. The Labute approximate surface area is 193 Å². The van der Waals surface area contributed by atoms with E-state index in [2.05, 4.69) is 9.97 Å². The molecule has 2 aromatic heterocycles. The molecule has 7 heteroatoms. The Morgan fingerprint density at radius 3 is 2.75 bits per heavy atom. The first-order valence-electron chi connectivity index (χ1n) is 10.9. The van der Waals surface area contributed by atoms with Crippen molar-refractivity contribution >= 4 is 17.7 Å². The van der Waals surface area contributed by atoms with Crippen LogP contribution in [0.2, 0.25) is 0 Å². The first-order chi connectivity index (χ1) is 15.7. The largest absolute Gasteiger partial charge is 0.367 e. The van der Waals surface area contributed by atoms with E-state index in [0.717, 1.165) is 52.8 Å². The molecule has 32 heavy (non-hydrogen) atoms. The van der Waals surface area contributed by atoms with Crippen molar-refractivity contribution in [3.05, 3.63) is 83.4 Å². The second-order valence-corrected chi connectivity index (χ2v) is 8.92. The number of nitrogens with zero attached hydrogens (tertiary/aromatic N) is 4. The van der Waals surface area contributed by atoms with Gasteiger partial charge in [0.25, 0.3) is 5.91 Å². The molecule has 0 unspecified atom stereocenters. The number of methoxy groups -OCH3 is 1. The molecule has 0 spiro atoms. The van der Waals surface area contributed by atoms with Crippen molar-refractivity contribution in [2.75, 3.05) is 20.2 Å². The van der Waals surface area contributed by atoms with Crippen molar-refractivity contribution in [1.82, 2.24) is 19.9 Å². The van der Waals surface area contributed by atoms with E-state index in [1.165, 1.54) is 0 Å². The maximum atomic E-state index is 13.3. The number of amides is 1. The molecule has 1 amide bonds. The third-order valence-corrected chi connectivity index (χ3v) is 6.64. The fourth-order valence-corrected chi connectivity index (χ4v) is 4.85. The number of carbonyl (C=O) groups is 1. The molecular weight excluding hydrogens is 420 g/mol. The van der Waals surface area contributed by atoms with E-state index in [9.17, 15) is 4.79 Å². The number of rotatable bonds is 7. The lowest BCUT2D eigenvalue weighted by molar-refractivity contribution is -0.143. The van der Waals surface area contributed by atoms with Gasteiger partial charge in [-0.25, -0.2) is 9.97 Å². The summed E-state index contributed by atoms with van der Waals surface area (Å²) in [5, 5.41) is 0.749. The summed E-state index contributed by atoms with van der Waals surface area (Å²) in [6, 6.07) is 15.6. The highest BCUT2D eigenvalue weighted by Gasteiger charge is 2.31. The van der Waals surface area contributed by atoms with Gasteiger partial charge >= 0.3 is 0 Å². The van der Waals surface area contributed by atoms with Crippen LogP contribution in [0.4, 0.5) is 0 Å². The SMILES string of the molecule is CO[C@H](C(=O)N1CCC[C@H](c2nc(SCc3ccccn3)ncc2C)C1)c1ccccc1. The minimum Gasteiger partial charge on any atom is -0.367 e. The van der Waals surface area contributed by atoms with Crippen LogP contribution < -0.4 is 0 Å². The number of hydrogen-bond donors (Lipinski definition) is 0. The van der Waals surface area contributed by atoms with Crippen molar-refractivity contribution in [2.24, 2.45) is 0 Å². The van der Waals surface area contributed by atoms with Crippen LogP contribution >= 0.6 is 11.8 Å². The molecular formula is C25H28N4O2S. The summed E-state index contributed by atoms with van der Waals surface area (Å²) < 4.78 is 5.58. The van der Waals surface area contributed by atoms with Crippen LogP contribution in [0.1, 0.15) is 47.4 Å². The van der Waals surface area contributed by atoms with Crippen molar-refractivity contribution < 1.29 is 9.53 Å². The fourth-order valence-electron chi connectivity index (χ4n) is 4.12. The summed E-state index contributed by atoms with van der Waals surface area (Å²) in [7, 11) is 1.59. The van der Waals surface area contributed by atoms with E-state index in [1.54, 1.807) is 25.1 Å². The van der Waals surface area contributed by atoms with Crippen LogP contribution in [0, 0.1) is 6.92 Å². The second-order valence-electron chi connectivity index (χ2n) is 7.98. The smallest absolute Gasteiger partial charge is 0.256 e. The molecule has 1 fully saturated rings. The molecule has 4 rings (SSSR count). The average Bonchev–Trinajstić information content (AvgIpc) is 2.85. The predicted octanol–water partition coefficient (Wildman–Crippen LogP) is 4.57. The number of pyridine rings is 1. The van der Waals surface area contributed by atoms with Crippen LogP contribution in [0.3, 0.4) is 0 Å². The zero-order valence-electron chi connectivity index (χ0n) is 18.5. The Bertz CT molecular complexity index is 1030. The van der Waals surface area contributed by atoms with Crippen LogP contribution in [-0.4, -0.2) is 46.0 Å². The molecule has 0 bridgehead atoms. The van der Waals surface area contributed by atoms with Gasteiger partial charge in [-0.15, -0.1) is 0 Å². The van der Waals surface area contributed by atoms with Gasteiger partial charge in [-0.2, -0.15) is 0 Å². The molecule has 3 heterocycles. The number of hydrogen-bond acceptors (Lipinski definition) is 6. The van der Waals surface area contributed by atoms with E-state index in [0.29, 0.717) is 6.54 Å². The number of likely N-dealkylation sites (tertiary alicyclic amines) is 1. The molecule has 3 aromatic rings. The highest BCUT2D eigenvalue weighted by Crippen LogP contribution is 2.31. The molecule has 0 aliphatic carbocycles. The number of aromatic nitrogens is 3. The summed E-state index contributed by atoms with van der Waals surface area (Å²) in [5.74, 6) is 0.934. The molecule has 0 N–H and O–H groups in total. The number of ether oxygens (including phenoxy) is 1. The highest BCUT2D eigenvalue weighted by molar-refractivity contribution is 7.98. The molecule has 6 nitrogen and oxygen atoms in total. The van der Waals surface area contributed by atoms with E-state index in [4.69, 9.17) is 9.72 Å². The molecule has 1 aromatic carbocycles. The van der Waals surface area contributed by atoms with E-state index in [1.807, 2.05) is 66.6 Å². The van der Waals surface area contributed by atoms with Crippen molar-refractivity contribution in [3.63, 3.8) is 0 Å². The van der Waals surface area contributed by atoms with Crippen molar-refractivity contribution in [2.45, 2.75) is 42.7 Å².